The lowest BCUT2D eigenvalue weighted by Crippen LogP contribution is -1.97. The second-order valence-corrected chi connectivity index (χ2v) is 3.93. The molecule has 0 saturated heterocycles. The summed E-state index contributed by atoms with van der Waals surface area (Å²) in [6.45, 7) is 5.17. The predicted octanol–water partition coefficient (Wildman–Crippen LogP) is 3.09. The maximum atomic E-state index is 10.1. The minimum absolute atomic E-state index is 0.197. The number of carboxylic acids is 1. The Labute approximate surface area is 108 Å². The normalized spacial score (nSPS) is 10.3. The summed E-state index contributed by atoms with van der Waals surface area (Å²) >= 11 is 0. The van der Waals surface area contributed by atoms with E-state index in [0.29, 0.717) is 0 Å². The average Bonchev–Trinajstić information content (AvgIpc) is 2.30. The van der Waals surface area contributed by atoms with Gasteiger partial charge in [0.05, 0.1) is 0 Å². The molecule has 1 heterocycles. The molecule has 2 N–H and O–H groups in total. The van der Waals surface area contributed by atoms with Crippen LogP contribution in [0.2, 0.25) is 0 Å². The highest BCUT2D eigenvalue weighted by Crippen LogP contribution is 1.98. The van der Waals surface area contributed by atoms with E-state index in [-0.39, 0.29) is 11.3 Å². The first-order chi connectivity index (χ1) is 8.47. The summed E-state index contributed by atoms with van der Waals surface area (Å²) in [6.07, 6.45) is 7.38. The fourth-order valence-corrected chi connectivity index (χ4v) is 1.22. The Hall–Kier alpha value is -1.97. The number of pyridine rings is 1. The molecule has 0 unspecified atom stereocenters. The maximum absolute atomic E-state index is 10.1. The molecule has 1 aromatic rings. The first-order valence-electron chi connectivity index (χ1n) is 5.83. The molecule has 0 atom stereocenters. The van der Waals surface area contributed by atoms with Crippen molar-refractivity contribution in [1.29, 1.82) is 5.41 Å². The van der Waals surface area contributed by atoms with Crippen LogP contribution in [-0.2, 0) is 11.2 Å². The number of carboxylic acid groups (broad SMARTS) is 1. The van der Waals surface area contributed by atoms with Crippen molar-refractivity contribution in [3.05, 3.63) is 41.7 Å². The topological polar surface area (TPSA) is 74.0 Å². The van der Waals surface area contributed by atoms with E-state index in [0.717, 1.165) is 6.42 Å². The van der Waals surface area contributed by atoms with Crippen LogP contribution in [0.4, 0.5) is 0 Å². The highest BCUT2D eigenvalue weighted by atomic mass is 16.4. The molecule has 0 radical (unpaired) electrons. The van der Waals surface area contributed by atoms with Crippen molar-refractivity contribution in [1.82, 2.24) is 4.98 Å². The molecule has 0 saturated carbocycles. The molecule has 98 valence electrons. The van der Waals surface area contributed by atoms with Gasteiger partial charge in [0.25, 0.3) is 0 Å². The van der Waals surface area contributed by atoms with E-state index < -0.39 is 5.97 Å². The third-order valence-electron chi connectivity index (χ3n) is 2.03. The first-order valence-corrected chi connectivity index (χ1v) is 5.83. The zero-order chi connectivity index (χ0) is 14.0. The van der Waals surface area contributed by atoms with Crippen LogP contribution in [-0.4, -0.2) is 21.8 Å². The van der Waals surface area contributed by atoms with Crippen LogP contribution in [0.1, 0.15) is 32.8 Å². The van der Waals surface area contributed by atoms with Crippen LogP contribution in [0, 0.1) is 5.41 Å². The largest absolute Gasteiger partial charge is 0.478 e. The lowest BCUT2D eigenvalue weighted by Gasteiger charge is -1.92. The van der Waals surface area contributed by atoms with Gasteiger partial charge in [0.2, 0.25) is 0 Å². The number of aliphatic carboxylic acids is 1. The van der Waals surface area contributed by atoms with Crippen LogP contribution in [0.5, 0.6) is 0 Å². The highest BCUT2D eigenvalue weighted by Gasteiger charge is 1.97. The number of allylic oxidation sites excluding steroid dienone is 1. The number of hydrogen-bond donors (Lipinski definition) is 2. The summed E-state index contributed by atoms with van der Waals surface area (Å²) in [5.74, 6) is -0.971. The van der Waals surface area contributed by atoms with Gasteiger partial charge >= 0.3 is 5.97 Å². The van der Waals surface area contributed by atoms with Gasteiger partial charge in [-0.25, -0.2) is 4.79 Å². The van der Waals surface area contributed by atoms with Crippen LogP contribution >= 0.6 is 0 Å². The number of nitrogens with zero attached hydrogens (tertiary/aromatic N) is 1. The molecule has 0 bridgehead atoms. The van der Waals surface area contributed by atoms with Crippen molar-refractivity contribution in [2.45, 2.75) is 33.6 Å². The van der Waals surface area contributed by atoms with Gasteiger partial charge in [-0.15, -0.1) is 0 Å². The smallest absolute Gasteiger partial charge is 0.331 e. The zero-order valence-electron chi connectivity index (χ0n) is 11.1. The molecule has 1 rings (SSSR count). The number of aromatic nitrogens is 1. The number of carbonyl (C=O) groups is 1. The summed E-state index contributed by atoms with van der Waals surface area (Å²) in [6, 6.07) is 4.08. The van der Waals surface area contributed by atoms with E-state index in [4.69, 9.17) is 10.5 Å². The molecule has 0 aliphatic heterocycles. The van der Waals surface area contributed by atoms with Crippen LogP contribution in [0.15, 0.2) is 36.2 Å². The summed E-state index contributed by atoms with van der Waals surface area (Å²) < 4.78 is 0. The molecule has 18 heavy (non-hydrogen) atoms. The molecule has 4 nitrogen and oxygen atoms in total. The van der Waals surface area contributed by atoms with E-state index in [1.807, 2.05) is 12.3 Å². The molecule has 0 aliphatic carbocycles. The molecule has 4 heteroatoms. The van der Waals surface area contributed by atoms with E-state index in [1.165, 1.54) is 31.9 Å². The molecule has 0 fully saturated rings. The van der Waals surface area contributed by atoms with Gasteiger partial charge in [-0.1, -0.05) is 19.4 Å². The Bertz CT molecular complexity index is 411. The highest BCUT2D eigenvalue weighted by molar-refractivity contribution is 5.98. The molecular formula is C14H20N2O2. The zero-order valence-corrected chi connectivity index (χ0v) is 11.1. The Morgan fingerprint density at radius 3 is 2.50 bits per heavy atom. The van der Waals surface area contributed by atoms with Crippen molar-refractivity contribution >= 4 is 11.7 Å². The second-order valence-electron chi connectivity index (χ2n) is 3.93. The van der Waals surface area contributed by atoms with E-state index in [1.54, 1.807) is 6.20 Å². The number of aryl methyl sites for hydroxylation is 1. The SMILES string of the molecule is CC(=N)/C=C(\C)C(=O)O.CCCc1cccnc1. The Morgan fingerprint density at radius 2 is 2.17 bits per heavy atom. The summed E-state index contributed by atoms with van der Waals surface area (Å²) in [4.78, 5) is 14.1. The average molecular weight is 248 g/mol. The monoisotopic (exact) mass is 248 g/mol. The Balaban J connectivity index is 0.000000321. The van der Waals surface area contributed by atoms with Crippen molar-refractivity contribution < 1.29 is 9.90 Å². The molecule has 0 aromatic carbocycles. The minimum Gasteiger partial charge on any atom is -0.478 e. The molecule has 0 spiro atoms. The molecule has 0 aliphatic rings. The number of hydrogen-bond acceptors (Lipinski definition) is 3. The van der Waals surface area contributed by atoms with E-state index in [2.05, 4.69) is 18.0 Å². The summed E-state index contributed by atoms with van der Waals surface area (Å²) in [5.41, 5.74) is 1.79. The molecule has 1 aromatic heterocycles. The maximum Gasteiger partial charge on any atom is 0.331 e. The molecule has 0 amide bonds. The first kappa shape index (κ1) is 16.0. The van der Waals surface area contributed by atoms with Crippen molar-refractivity contribution in [2.75, 3.05) is 0 Å². The van der Waals surface area contributed by atoms with Gasteiger partial charge in [0, 0.05) is 23.7 Å². The van der Waals surface area contributed by atoms with Crippen LogP contribution in [0.25, 0.3) is 0 Å². The molecular weight excluding hydrogens is 228 g/mol. The van der Waals surface area contributed by atoms with Gasteiger partial charge in [0.15, 0.2) is 0 Å². The van der Waals surface area contributed by atoms with Crippen LogP contribution < -0.4 is 0 Å². The quantitative estimate of drug-likeness (QED) is 0.635. The lowest BCUT2D eigenvalue weighted by atomic mass is 10.2. The van der Waals surface area contributed by atoms with Gasteiger partial charge in [-0.05, 0) is 38.0 Å². The van der Waals surface area contributed by atoms with Gasteiger partial charge in [-0.2, -0.15) is 0 Å². The predicted molar refractivity (Wildman–Crippen MR) is 73.0 cm³/mol. The van der Waals surface area contributed by atoms with Gasteiger partial charge < -0.3 is 10.5 Å². The lowest BCUT2D eigenvalue weighted by molar-refractivity contribution is -0.132. The fraction of sp³-hybridized carbons (Fsp3) is 0.357. The van der Waals surface area contributed by atoms with Crippen LogP contribution in [0.3, 0.4) is 0 Å². The standard InChI is InChI=1S/C8H11N.C6H9NO2/c1-2-4-8-5-3-6-9-7-8;1-4(6(8)9)3-5(2)7/h3,5-7H,2,4H2,1H3;3,7H,1-2H3,(H,8,9)/b;4-3+,7-5?. The van der Waals surface area contributed by atoms with Gasteiger partial charge in [0.1, 0.15) is 0 Å². The number of rotatable bonds is 4. The van der Waals surface area contributed by atoms with Crippen molar-refractivity contribution in [3.8, 4) is 0 Å². The summed E-state index contributed by atoms with van der Waals surface area (Å²) in [5, 5.41) is 15.1. The second kappa shape index (κ2) is 9.10. The Morgan fingerprint density at radius 1 is 1.50 bits per heavy atom. The Kier molecular flexibility index (Phi) is 8.10. The minimum atomic E-state index is -0.971. The van der Waals surface area contributed by atoms with Gasteiger partial charge in [-0.3, -0.25) is 4.98 Å². The third kappa shape index (κ3) is 8.21. The fourth-order valence-electron chi connectivity index (χ4n) is 1.22. The summed E-state index contributed by atoms with van der Waals surface area (Å²) in [7, 11) is 0. The third-order valence-corrected chi connectivity index (χ3v) is 2.03. The van der Waals surface area contributed by atoms with Crippen molar-refractivity contribution in [3.63, 3.8) is 0 Å². The van der Waals surface area contributed by atoms with E-state index >= 15 is 0 Å². The van der Waals surface area contributed by atoms with E-state index in [9.17, 15) is 4.79 Å². The number of nitrogens with one attached hydrogen (secondary N) is 1. The van der Waals surface area contributed by atoms with Crippen molar-refractivity contribution in [2.24, 2.45) is 0 Å².